The first-order chi connectivity index (χ1) is 7.30. The Labute approximate surface area is 89.7 Å². The van der Waals surface area contributed by atoms with Crippen LogP contribution in [0.4, 0.5) is 5.82 Å². The van der Waals surface area contributed by atoms with Crippen molar-refractivity contribution in [2.24, 2.45) is 0 Å². The zero-order valence-corrected chi connectivity index (χ0v) is 8.82. The Bertz CT molecular complexity index is 368. The van der Waals surface area contributed by atoms with Crippen LogP contribution in [0.25, 0.3) is 0 Å². The largest absolute Gasteiger partial charge is 0.385 e. The van der Waals surface area contributed by atoms with Gasteiger partial charge in [-0.15, -0.1) is 0 Å². The summed E-state index contributed by atoms with van der Waals surface area (Å²) in [5.74, 6) is 1.01. The van der Waals surface area contributed by atoms with Gasteiger partial charge in [0.05, 0.1) is 5.60 Å². The number of hydrogen-bond donors (Lipinski definition) is 1. The van der Waals surface area contributed by atoms with Crippen LogP contribution in [0.1, 0.15) is 31.2 Å². The van der Waals surface area contributed by atoms with Crippen molar-refractivity contribution < 1.29 is 5.11 Å². The molecule has 0 radical (unpaired) electrons. The number of nitrogens with zero attached hydrogens (tertiary/aromatic N) is 2. The van der Waals surface area contributed by atoms with Crippen molar-refractivity contribution in [1.29, 1.82) is 0 Å². The van der Waals surface area contributed by atoms with Crippen molar-refractivity contribution in [2.45, 2.75) is 31.3 Å². The molecule has 3 heteroatoms. The molecule has 3 nitrogen and oxygen atoms in total. The summed E-state index contributed by atoms with van der Waals surface area (Å²) >= 11 is 0. The first kappa shape index (κ1) is 9.16. The van der Waals surface area contributed by atoms with Crippen LogP contribution in [0.2, 0.25) is 0 Å². The fourth-order valence-corrected chi connectivity index (χ4v) is 2.33. The Hall–Kier alpha value is -1.09. The topological polar surface area (TPSA) is 36.4 Å². The molecule has 0 spiro atoms. The molecule has 15 heavy (non-hydrogen) atoms. The molecule has 2 aliphatic rings. The number of hydrogen-bond acceptors (Lipinski definition) is 3. The highest BCUT2D eigenvalue weighted by atomic mass is 16.3. The molecule has 1 saturated heterocycles. The molecule has 1 aliphatic carbocycles. The molecule has 2 fully saturated rings. The lowest BCUT2D eigenvalue weighted by Crippen LogP contribution is -2.23. The van der Waals surface area contributed by atoms with Crippen LogP contribution in [0.15, 0.2) is 18.3 Å². The second-order valence-corrected chi connectivity index (χ2v) is 4.60. The molecular weight excluding hydrogens is 188 g/mol. The van der Waals surface area contributed by atoms with E-state index in [1.807, 2.05) is 18.3 Å². The van der Waals surface area contributed by atoms with Gasteiger partial charge >= 0.3 is 0 Å². The molecule has 3 rings (SSSR count). The van der Waals surface area contributed by atoms with Gasteiger partial charge in [-0.3, -0.25) is 0 Å². The van der Waals surface area contributed by atoms with Gasteiger partial charge in [-0.05, 0) is 31.7 Å². The highest BCUT2D eigenvalue weighted by Gasteiger charge is 2.44. The van der Waals surface area contributed by atoms with E-state index >= 15 is 0 Å². The monoisotopic (exact) mass is 204 g/mol. The highest BCUT2D eigenvalue weighted by molar-refractivity contribution is 5.52. The van der Waals surface area contributed by atoms with Crippen molar-refractivity contribution in [3.05, 3.63) is 23.9 Å². The Morgan fingerprint density at radius 1 is 1.27 bits per heavy atom. The summed E-state index contributed by atoms with van der Waals surface area (Å²) in [7, 11) is 0. The highest BCUT2D eigenvalue weighted by Crippen LogP contribution is 2.48. The van der Waals surface area contributed by atoms with E-state index in [4.69, 9.17) is 0 Å². The van der Waals surface area contributed by atoms with Gasteiger partial charge in [0, 0.05) is 24.8 Å². The second-order valence-electron chi connectivity index (χ2n) is 4.60. The lowest BCUT2D eigenvalue weighted by Gasteiger charge is -2.22. The summed E-state index contributed by atoms with van der Waals surface area (Å²) < 4.78 is 0. The summed E-state index contributed by atoms with van der Waals surface area (Å²) in [5.41, 5.74) is 0.471. The van der Waals surface area contributed by atoms with E-state index in [1.165, 1.54) is 12.8 Å². The average Bonchev–Trinajstić information content (AvgIpc) is 2.84. The molecule has 0 bridgehead atoms. The fourth-order valence-electron chi connectivity index (χ4n) is 2.33. The summed E-state index contributed by atoms with van der Waals surface area (Å²) in [6, 6.07) is 3.94. The molecule has 0 aromatic carbocycles. The Balaban J connectivity index is 1.98. The van der Waals surface area contributed by atoms with Crippen LogP contribution >= 0.6 is 0 Å². The third-order valence-corrected chi connectivity index (χ3v) is 3.42. The molecule has 0 amide bonds. The Kier molecular flexibility index (Phi) is 1.96. The molecule has 80 valence electrons. The average molecular weight is 204 g/mol. The Morgan fingerprint density at radius 3 is 2.67 bits per heavy atom. The van der Waals surface area contributed by atoms with Gasteiger partial charge < -0.3 is 10.0 Å². The van der Waals surface area contributed by atoms with Crippen LogP contribution in [0.5, 0.6) is 0 Å². The van der Waals surface area contributed by atoms with Gasteiger partial charge in [0.1, 0.15) is 5.82 Å². The lowest BCUT2D eigenvalue weighted by molar-refractivity contribution is 0.151. The molecule has 0 unspecified atom stereocenters. The molecule has 1 aromatic heterocycles. The molecule has 0 atom stereocenters. The van der Waals surface area contributed by atoms with Crippen molar-refractivity contribution in [3.63, 3.8) is 0 Å². The standard InChI is InChI=1S/C12H16N2O/c15-12(5-6-12)10-4-3-7-13-11(10)14-8-1-2-9-14/h3-4,7,15H,1-2,5-6,8-9H2. The van der Waals surface area contributed by atoms with Crippen molar-refractivity contribution >= 4 is 5.82 Å². The summed E-state index contributed by atoms with van der Waals surface area (Å²) in [4.78, 5) is 6.73. The SMILES string of the molecule is OC1(c2cccnc2N2CCCC2)CC1. The lowest BCUT2D eigenvalue weighted by atomic mass is 10.1. The van der Waals surface area contributed by atoms with Gasteiger partial charge in [-0.1, -0.05) is 6.07 Å². The minimum absolute atomic E-state index is 0.563. The number of aromatic nitrogens is 1. The smallest absolute Gasteiger partial charge is 0.134 e. The maximum Gasteiger partial charge on any atom is 0.134 e. The van der Waals surface area contributed by atoms with Gasteiger partial charge in [0.15, 0.2) is 0 Å². The number of rotatable bonds is 2. The molecule has 2 heterocycles. The maximum absolute atomic E-state index is 10.2. The van der Waals surface area contributed by atoms with Gasteiger partial charge in [-0.2, -0.15) is 0 Å². The predicted octanol–water partition coefficient (Wildman–Crippen LogP) is 1.66. The van der Waals surface area contributed by atoms with Gasteiger partial charge in [0.25, 0.3) is 0 Å². The van der Waals surface area contributed by atoms with E-state index in [1.54, 1.807) is 0 Å². The van der Waals surface area contributed by atoms with Crippen LogP contribution in [-0.4, -0.2) is 23.2 Å². The summed E-state index contributed by atoms with van der Waals surface area (Å²) in [6.07, 6.45) is 6.09. The maximum atomic E-state index is 10.2. The summed E-state index contributed by atoms with van der Waals surface area (Å²) in [5, 5.41) is 10.2. The van der Waals surface area contributed by atoms with E-state index in [0.29, 0.717) is 0 Å². The van der Waals surface area contributed by atoms with Crippen molar-refractivity contribution in [3.8, 4) is 0 Å². The van der Waals surface area contributed by atoms with Gasteiger partial charge in [-0.25, -0.2) is 4.98 Å². The predicted molar refractivity (Wildman–Crippen MR) is 58.8 cm³/mol. The van der Waals surface area contributed by atoms with E-state index in [2.05, 4.69) is 9.88 Å². The minimum atomic E-state index is -0.563. The zero-order valence-electron chi connectivity index (χ0n) is 8.82. The zero-order chi connectivity index (χ0) is 10.3. The number of aliphatic hydroxyl groups is 1. The molecule has 1 N–H and O–H groups in total. The van der Waals surface area contributed by atoms with E-state index < -0.39 is 5.60 Å². The molecule has 1 saturated carbocycles. The summed E-state index contributed by atoms with van der Waals surface area (Å²) in [6.45, 7) is 2.17. The molecule has 1 aliphatic heterocycles. The quantitative estimate of drug-likeness (QED) is 0.796. The first-order valence-corrected chi connectivity index (χ1v) is 5.72. The van der Waals surface area contributed by atoms with E-state index in [0.717, 1.165) is 37.3 Å². The molecular formula is C12H16N2O. The van der Waals surface area contributed by atoms with Crippen LogP contribution in [-0.2, 0) is 5.60 Å². The van der Waals surface area contributed by atoms with E-state index in [-0.39, 0.29) is 0 Å². The normalized spacial score (nSPS) is 23.1. The van der Waals surface area contributed by atoms with Crippen molar-refractivity contribution in [1.82, 2.24) is 4.98 Å². The van der Waals surface area contributed by atoms with E-state index in [9.17, 15) is 5.11 Å². The fraction of sp³-hybridized carbons (Fsp3) is 0.583. The van der Waals surface area contributed by atoms with Crippen molar-refractivity contribution in [2.75, 3.05) is 18.0 Å². The molecule has 1 aromatic rings. The van der Waals surface area contributed by atoms with Crippen LogP contribution in [0, 0.1) is 0 Å². The third kappa shape index (κ3) is 1.51. The second kappa shape index (κ2) is 3.20. The third-order valence-electron chi connectivity index (χ3n) is 3.42. The number of anilines is 1. The number of pyridine rings is 1. The van der Waals surface area contributed by atoms with Gasteiger partial charge in [0.2, 0.25) is 0 Å². The first-order valence-electron chi connectivity index (χ1n) is 5.72. The minimum Gasteiger partial charge on any atom is -0.385 e. The van der Waals surface area contributed by atoms with Crippen LogP contribution < -0.4 is 4.90 Å². The van der Waals surface area contributed by atoms with Crippen LogP contribution in [0.3, 0.4) is 0 Å². The Morgan fingerprint density at radius 2 is 2.00 bits per heavy atom.